The van der Waals surface area contributed by atoms with Crippen LogP contribution in [0.1, 0.15) is 26.3 Å². The second-order valence-corrected chi connectivity index (χ2v) is 5.27. The molecule has 0 spiro atoms. The fraction of sp³-hybridized carbons (Fsp3) is 0.429. The predicted octanol–water partition coefficient (Wildman–Crippen LogP) is 3.86. The van der Waals surface area contributed by atoms with Crippen molar-refractivity contribution in [1.82, 2.24) is 5.32 Å². The van der Waals surface area contributed by atoms with E-state index in [2.05, 4.69) is 60.2 Å². The van der Waals surface area contributed by atoms with E-state index in [1.165, 1.54) is 11.1 Å². The fourth-order valence-electron chi connectivity index (χ4n) is 1.47. The highest BCUT2D eigenvalue weighted by atomic mass is 79.9. The van der Waals surface area contributed by atoms with Gasteiger partial charge in [0.2, 0.25) is 0 Å². The number of rotatable bonds is 5. The Bertz CT molecular complexity index is 399. The summed E-state index contributed by atoms with van der Waals surface area (Å²) < 4.78 is 6.19. The van der Waals surface area contributed by atoms with Crippen molar-refractivity contribution in [3.63, 3.8) is 0 Å². The Morgan fingerprint density at radius 3 is 2.71 bits per heavy atom. The van der Waals surface area contributed by atoms with E-state index in [0.29, 0.717) is 6.04 Å². The second kappa shape index (κ2) is 6.82. The molecule has 0 bridgehead atoms. The molecule has 0 aromatic heterocycles. The standard InChI is InChI=1S/C14H20BrNO/c1-10(2)16-9-11(3)7-12-5-6-14(17-4)13(15)8-12/h5-8,10,16H,9H2,1-4H3. The van der Waals surface area contributed by atoms with Gasteiger partial charge in [-0.25, -0.2) is 0 Å². The third-order valence-electron chi connectivity index (χ3n) is 2.38. The number of methoxy groups -OCH3 is 1. The molecule has 0 fully saturated rings. The third-order valence-corrected chi connectivity index (χ3v) is 3.00. The summed E-state index contributed by atoms with van der Waals surface area (Å²) in [6, 6.07) is 6.61. The Labute approximate surface area is 112 Å². The molecule has 0 saturated heterocycles. The van der Waals surface area contributed by atoms with Gasteiger partial charge in [-0.3, -0.25) is 0 Å². The van der Waals surface area contributed by atoms with Gasteiger partial charge in [-0.15, -0.1) is 0 Å². The van der Waals surface area contributed by atoms with Gasteiger partial charge in [0, 0.05) is 12.6 Å². The maximum Gasteiger partial charge on any atom is 0.133 e. The van der Waals surface area contributed by atoms with Crippen LogP contribution in [-0.2, 0) is 0 Å². The molecule has 0 aliphatic heterocycles. The van der Waals surface area contributed by atoms with Gasteiger partial charge in [0.15, 0.2) is 0 Å². The predicted molar refractivity (Wildman–Crippen MR) is 77.5 cm³/mol. The van der Waals surface area contributed by atoms with Crippen molar-refractivity contribution < 1.29 is 4.74 Å². The monoisotopic (exact) mass is 297 g/mol. The maximum absolute atomic E-state index is 5.20. The highest BCUT2D eigenvalue weighted by molar-refractivity contribution is 9.10. The van der Waals surface area contributed by atoms with Crippen molar-refractivity contribution >= 4 is 22.0 Å². The highest BCUT2D eigenvalue weighted by Gasteiger charge is 2.00. The van der Waals surface area contributed by atoms with Gasteiger partial charge in [-0.05, 0) is 40.5 Å². The molecule has 0 aliphatic carbocycles. The first-order valence-electron chi connectivity index (χ1n) is 5.77. The molecule has 94 valence electrons. The van der Waals surface area contributed by atoms with E-state index in [4.69, 9.17) is 4.74 Å². The van der Waals surface area contributed by atoms with Crippen LogP contribution in [-0.4, -0.2) is 19.7 Å². The Hall–Kier alpha value is -0.800. The summed E-state index contributed by atoms with van der Waals surface area (Å²) >= 11 is 3.49. The summed E-state index contributed by atoms with van der Waals surface area (Å²) in [6.07, 6.45) is 2.18. The number of nitrogens with one attached hydrogen (secondary N) is 1. The van der Waals surface area contributed by atoms with E-state index < -0.39 is 0 Å². The van der Waals surface area contributed by atoms with Gasteiger partial charge in [0.25, 0.3) is 0 Å². The summed E-state index contributed by atoms with van der Waals surface area (Å²) in [4.78, 5) is 0. The fourth-order valence-corrected chi connectivity index (χ4v) is 2.03. The number of hydrogen-bond donors (Lipinski definition) is 1. The Morgan fingerprint density at radius 1 is 1.47 bits per heavy atom. The van der Waals surface area contributed by atoms with Crippen LogP contribution in [0.2, 0.25) is 0 Å². The molecule has 0 saturated carbocycles. The van der Waals surface area contributed by atoms with Crippen molar-refractivity contribution in [3.05, 3.63) is 33.8 Å². The molecule has 0 aliphatic rings. The molecular formula is C14H20BrNO. The summed E-state index contributed by atoms with van der Waals surface area (Å²) in [6.45, 7) is 7.35. The lowest BCUT2D eigenvalue weighted by Crippen LogP contribution is -2.24. The van der Waals surface area contributed by atoms with Crippen molar-refractivity contribution in [3.8, 4) is 5.75 Å². The van der Waals surface area contributed by atoms with E-state index in [0.717, 1.165) is 16.8 Å². The van der Waals surface area contributed by atoms with E-state index in [1.54, 1.807) is 7.11 Å². The highest BCUT2D eigenvalue weighted by Crippen LogP contribution is 2.26. The van der Waals surface area contributed by atoms with Gasteiger partial charge in [0.05, 0.1) is 11.6 Å². The number of benzene rings is 1. The Kier molecular flexibility index (Phi) is 5.72. The van der Waals surface area contributed by atoms with Gasteiger partial charge >= 0.3 is 0 Å². The largest absolute Gasteiger partial charge is 0.496 e. The van der Waals surface area contributed by atoms with Crippen LogP contribution in [0.15, 0.2) is 28.2 Å². The number of ether oxygens (including phenoxy) is 1. The maximum atomic E-state index is 5.20. The van der Waals surface area contributed by atoms with Crippen molar-refractivity contribution in [2.75, 3.05) is 13.7 Å². The molecule has 0 unspecified atom stereocenters. The molecule has 17 heavy (non-hydrogen) atoms. The lowest BCUT2D eigenvalue weighted by molar-refractivity contribution is 0.412. The Balaban J connectivity index is 2.73. The van der Waals surface area contributed by atoms with E-state index in [9.17, 15) is 0 Å². The Morgan fingerprint density at radius 2 is 2.18 bits per heavy atom. The summed E-state index contributed by atoms with van der Waals surface area (Å²) in [7, 11) is 1.67. The van der Waals surface area contributed by atoms with Crippen molar-refractivity contribution in [2.45, 2.75) is 26.8 Å². The number of hydrogen-bond acceptors (Lipinski definition) is 2. The van der Waals surface area contributed by atoms with Crippen molar-refractivity contribution in [2.24, 2.45) is 0 Å². The van der Waals surface area contributed by atoms with E-state index in [1.807, 2.05) is 6.07 Å². The second-order valence-electron chi connectivity index (χ2n) is 4.42. The smallest absolute Gasteiger partial charge is 0.133 e. The van der Waals surface area contributed by atoms with Gasteiger partial charge in [-0.2, -0.15) is 0 Å². The molecule has 2 nitrogen and oxygen atoms in total. The van der Waals surface area contributed by atoms with Crippen LogP contribution in [0.25, 0.3) is 6.08 Å². The van der Waals surface area contributed by atoms with Crippen LogP contribution >= 0.6 is 15.9 Å². The average Bonchev–Trinajstić information content (AvgIpc) is 2.26. The number of halogens is 1. The zero-order valence-electron chi connectivity index (χ0n) is 10.9. The summed E-state index contributed by atoms with van der Waals surface area (Å²) in [5.74, 6) is 0.861. The zero-order valence-corrected chi connectivity index (χ0v) is 12.5. The molecule has 1 aromatic rings. The minimum absolute atomic E-state index is 0.515. The van der Waals surface area contributed by atoms with Crippen LogP contribution in [0, 0.1) is 0 Å². The first kappa shape index (κ1) is 14.3. The van der Waals surface area contributed by atoms with Gasteiger partial charge in [0.1, 0.15) is 5.75 Å². The van der Waals surface area contributed by atoms with Gasteiger partial charge < -0.3 is 10.1 Å². The van der Waals surface area contributed by atoms with Gasteiger partial charge in [-0.1, -0.05) is 31.6 Å². The van der Waals surface area contributed by atoms with Crippen molar-refractivity contribution in [1.29, 1.82) is 0 Å². The average molecular weight is 298 g/mol. The molecule has 1 rings (SSSR count). The first-order valence-corrected chi connectivity index (χ1v) is 6.56. The minimum atomic E-state index is 0.515. The first-order chi connectivity index (χ1) is 8.02. The lowest BCUT2D eigenvalue weighted by atomic mass is 10.1. The van der Waals surface area contributed by atoms with Crippen LogP contribution in [0.4, 0.5) is 0 Å². The molecule has 0 radical (unpaired) electrons. The molecule has 0 heterocycles. The third kappa shape index (κ3) is 4.92. The lowest BCUT2D eigenvalue weighted by Gasteiger charge is -2.09. The molecule has 1 N–H and O–H groups in total. The minimum Gasteiger partial charge on any atom is -0.496 e. The van der Waals surface area contributed by atoms with Crippen LogP contribution in [0.5, 0.6) is 5.75 Å². The summed E-state index contributed by atoms with van der Waals surface area (Å²) in [5.41, 5.74) is 2.50. The summed E-state index contributed by atoms with van der Waals surface area (Å²) in [5, 5.41) is 3.40. The van der Waals surface area contributed by atoms with Crippen LogP contribution in [0.3, 0.4) is 0 Å². The molecule has 0 atom stereocenters. The quantitative estimate of drug-likeness (QED) is 0.891. The molecular weight excluding hydrogens is 278 g/mol. The topological polar surface area (TPSA) is 21.3 Å². The van der Waals surface area contributed by atoms with Crippen LogP contribution < -0.4 is 10.1 Å². The molecule has 1 aromatic carbocycles. The van der Waals surface area contributed by atoms with E-state index in [-0.39, 0.29) is 0 Å². The molecule has 0 amide bonds. The normalized spacial score (nSPS) is 12.0. The molecule has 3 heteroatoms. The zero-order chi connectivity index (χ0) is 12.8. The SMILES string of the molecule is COc1ccc(C=C(C)CNC(C)C)cc1Br. The van der Waals surface area contributed by atoms with E-state index >= 15 is 0 Å².